The summed E-state index contributed by atoms with van der Waals surface area (Å²) in [5, 5.41) is 0. The summed E-state index contributed by atoms with van der Waals surface area (Å²) in [6, 6.07) is 0. The predicted octanol–water partition coefficient (Wildman–Crippen LogP) is 1.31. The third-order valence-electron chi connectivity index (χ3n) is 3.21. The molecule has 3 nitrogen and oxygen atoms in total. The van der Waals surface area contributed by atoms with E-state index in [4.69, 9.17) is 4.74 Å². The first-order valence-corrected chi connectivity index (χ1v) is 4.88. The summed E-state index contributed by atoms with van der Waals surface area (Å²) in [6.45, 7) is 1.43. The molecule has 0 aromatic carbocycles. The highest BCUT2D eigenvalue weighted by Gasteiger charge is 2.45. The van der Waals surface area contributed by atoms with Crippen LogP contribution in [-0.2, 0) is 14.3 Å². The van der Waals surface area contributed by atoms with Crippen LogP contribution in [-0.4, -0.2) is 17.9 Å². The number of esters is 1. The highest BCUT2D eigenvalue weighted by atomic mass is 16.5. The van der Waals surface area contributed by atoms with Gasteiger partial charge in [-0.3, -0.25) is 9.59 Å². The van der Waals surface area contributed by atoms with Crippen LogP contribution >= 0.6 is 0 Å². The Morgan fingerprint density at radius 2 is 2.15 bits per heavy atom. The Kier molecular flexibility index (Phi) is 2.10. The quantitative estimate of drug-likeness (QED) is 0.574. The summed E-state index contributed by atoms with van der Waals surface area (Å²) in [7, 11) is 0. The molecule has 0 spiro atoms. The Bertz CT molecular complexity index is 247. The molecular formula is C10H14O3. The molecule has 3 atom stereocenters. The number of ether oxygens (including phenoxy) is 1. The Morgan fingerprint density at radius 3 is 2.85 bits per heavy atom. The molecule has 0 saturated heterocycles. The van der Waals surface area contributed by atoms with Crippen LogP contribution in [0.2, 0.25) is 0 Å². The van der Waals surface area contributed by atoms with Gasteiger partial charge in [-0.05, 0) is 19.3 Å². The lowest BCUT2D eigenvalue weighted by molar-refractivity contribution is -0.148. The fourth-order valence-corrected chi connectivity index (χ4v) is 2.67. The molecule has 0 aliphatic heterocycles. The minimum absolute atomic E-state index is 0.0222. The van der Waals surface area contributed by atoms with Crippen LogP contribution in [0.1, 0.15) is 32.6 Å². The second-order valence-electron chi connectivity index (χ2n) is 4.00. The van der Waals surface area contributed by atoms with Crippen LogP contribution in [0.4, 0.5) is 0 Å². The molecule has 2 aliphatic rings. The number of rotatable bonds is 1. The maximum Gasteiger partial charge on any atom is 0.302 e. The van der Waals surface area contributed by atoms with Crippen molar-refractivity contribution in [1.29, 1.82) is 0 Å². The SMILES string of the molecule is CC(=O)O[C@@H]1CC[C@@H]2C(=O)CC[C@@H]21. The summed E-state index contributed by atoms with van der Waals surface area (Å²) >= 11 is 0. The largest absolute Gasteiger partial charge is 0.462 e. The molecule has 0 aromatic heterocycles. The third-order valence-corrected chi connectivity index (χ3v) is 3.21. The molecule has 2 saturated carbocycles. The van der Waals surface area contributed by atoms with E-state index in [-0.39, 0.29) is 18.0 Å². The van der Waals surface area contributed by atoms with E-state index in [1.165, 1.54) is 6.92 Å². The van der Waals surface area contributed by atoms with Gasteiger partial charge in [0.15, 0.2) is 0 Å². The highest BCUT2D eigenvalue weighted by Crippen LogP contribution is 2.43. The van der Waals surface area contributed by atoms with Gasteiger partial charge in [-0.1, -0.05) is 0 Å². The van der Waals surface area contributed by atoms with E-state index >= 15 is 0 Å². The monoisotopic (exact) mass is 182 g/mol. The second-order valence-corrected chi connectivity index (χ2v) is 4.00. The zero-order chi connectivity index (χ0) is 9.42. The van der Waals surface area contributed by atoms with Crippen LogP contribution in [0.3, 0.4) is 0 Å². The minimum Gasteiger partial charge on any atom is -0.462 e. The molecule has 2 fully saturated rings. The van der Waals surface area contributed by atoms with Crippen LogP contribution in [0.25, 0.3) is 0 Å². The first kappa shape index (κ1) is 8.73. The van der Waals surface area contributed by atoms with Crippen molar-refractivity contribution in [3.63, 3.8) is 0 Å². The maximum atomic E-state index is 11.3. The molecule has 2 rings (SSSR count). The van der Waals surface area contributed by atoms with Crippen LogP contribution in [0, 0.1) is 11.8 Å². The van der Waals surface area contributed by atoms with E-state index in [0.717, 1.165) is 19.3 Å². The lowest BCUT2D eigenvalue weighted by Crippen LogP contribution is -2.22. The summed E-state index contributed by atoms with van der Waals surface area (Å²) < 4.78 is 5.18. The van der Waals surface area contributed by atoms with Gasteiger partial charge in [-0.2, -0.15) is 0 Å². The van der Waals surface area contributed by atoms with Crippen molar-refractivity contribution >= 4 is 11.8 Å². The molecule has 3 heteroatoms. The minimum atomic E-state index is -0.218. The average Bonchev–Trinajstić information content (AvgIpc) is 2.56. The first-order valence-electron chi connectivity index (χ1n) is 4.88. The van der Waals surface area contributed by atoms with Gasteiger partial charge in [-0.15, -0.1) is 0 Å². The van der Waals surface area contributed by atoms with Gasteiger partial charge < -0.3 is 4.74 Å². The standard InChI is InChI=1S/C10H14O3/c1-6(11)13-10-5-3-7-8(10)2-4-9(7)12/h7-8,10H,2-5H2,1H3/t7-,8-,10+/m0/s1. The molecule has 0 N–H and O–H groups in total. The molecule has 2 aliphatic carbocycles. The fourth-order valence-electron chi connectivity index (χ4n) is 2.67. The van der Waals surface area contributed by atoms with E-state index in [1.54, 1.807) is 0 Å². The Balaban J connectivity index is 2.02. The predicted molar refractivity (Wildman–Crippen MR) is 46.0 cm³/mol. The maximum absolute atomic E-state index is 11.3. The van der Waals surface area contributed by atoms with Gasteiger partial charge in [0.1, 0.15) is 11.9 Å². The fraction of sp³-hybridized carbons (Fsp3) is 0.800. The zero-order valence-electron chi connectivity index (χ0n) is 7.79. The van der Waals surface area contributed by atoms with Crippen molar-refractivity contribution in [3.05, 3.63) is 0 Å². The second kappa shape index (κ2) is 3.13. The van der Waals surface area contributed by atoms with Gasteiger partial charge in [0.05, 0.1) is 0 Å². The Morgan fingerprint density at radius 1 is 1.38 bits per heavy atom. The molecular weight excluding hydrogens is 168 g/mol. The van der Waals surface area contributed by atoms with Crippen molar-refractivity contribution in [2.75, 3.05) is 0 Å². The van der Waals surface area contributed by atoms with Crippen LogP contribution in [0.15, 0.2) is 0 Å². The number of Topliss-reactive ketones (excluding diaryl/α,β-unsaturated/α-hetero) is 1. The van der Waals surface area contributed by atoms with Gasteiger partial charge in [0, 0.05) is 25.2 Å². The number of hydrogen-bond donors (Lipinski definition) is 0. The van der Waals surface area contributed by atoms with E-state index in [9.17, 15) is 9.59 Å². The van der Waals surface area contributed by atoms with Crippen molar-refractivity contribution in [2.45, 2.75) is 38.7 Å². The molecule has 0 aromatic rings. The molecule has 0 amide bonds. The number of hydrogen-bond acceptors (Lipinski definition) is 3. The molecule has 0 bridgehead atoms. The normalized spacial score (nSPS) is 37.6. The lowest BCUT2D eigenvalue weighted by Gasteiger charge is -2.17. The lowest BCUT2D eigenvalue weighted by atomic mass is 9.99. The Labute approximate surface area is 77.4 Å². The van der Waals surface area contributed by atoms with Crippen molar-refractivity contribution in [3.8, 4) is 0 Å². The summed E-state index contributed by atoms with van der Waals surface area (Å²) in [5.41, 5.74) is 0. The van der Waals surface area contributed by atoms with E-state index < -0.39 is 0 Å². The third kappa shape index (κ3) is 1.47. The van der Waals surface area contributed by atoms with Crippen LogP contribution < -0.4 is 0 Å². The Hall–Kier alpha value is -0.860. The van der Waals surface area contributed by atoms with Crippen molar-refractivity contribution in [2.24, 2.45) is 11.8 Å². The summed E-state index contributed by atoms with van der Waals surface area (Å²) in [5.74, 6) is 0.686. The van der Waals surface area contributed by atoms with Crippen molar-refractivity contribution < 1.29 is 14.3 Å². The smallest absolute Gasteiger partial charge is 0.302 e. The number of ketones is 1. The van der Waals surface area contributed by atoms with Gasteiger partial charge in [0.25, 0.3) is 0 Å². The molecule has 0 heterocycles. The van der Waals surface area contributed by atoms with E-state index in [1.807, 2.05) is 0 Å². The molecule has 13 heavy (non-hydrogen) atoms. The van der Waals surface area contributed by atoms with Crippen molar-refractivity contribution in [1.82, 2.24) is 0 Å². The summed E-state index contributed by atoms with van der Waals surface area (Å²) in [4.78, 5) is 22.1. The molecule has 0 radical (unpaired) electrons. The van der Waals surface area contributed by atoms with Crippen LogP contribution in [0.5, 0.6) is 0 Å². The highest BCUT2D eigenvalue weighted by molar-refractivity contribution is 5.84. The molecule has 72 valence electrons. The first-order chi connectivity index (χ1) is 6.18. The molecule has 0 unspecified atom stereocenters. The number of carbonyl (C=O) groups is 2. The topological polar surface area (TPSA) is 43.4 Å². The van der Waals surface area contributed by atoms with E-state index in [2.05, 4.69) is 0 Å². The zero-order valence-corrected chi connectivity index (χ0v) is 7.79. The summed E-state index contributed by atoms with van der Waals surface area (Å²) in [6.07, 6.45) is 3.42. The van der Waals surface area contributed by atoms with Gasteiger partial charge in [0.2, 0.25) is 0 Å². The number of carbonyl (C=O) groups excluding carboxylic acids is 2. The van der Waals surface area contributed by atoms with Gasteiger partial charge in [-0.25, -0.2) is 0 Å². The van der Waals surface area contributed by atoms with Gasteiger partial charge >= 0.3 is 5.97 Å². The van der Waals surface area contributed by atoms with E-state index in [0.29, 0.717) is 18.1 Å². The average molecular weight is 182 g/mol. The number of fused-ring (bicyclic) bond motifs is 1.